The van der Waals surface area contributed by atoms with E-state index < -0.39 is 0 Å². The second kappa shape index (κ2) is 8.71. The Morgan fingerprint density at radius 2 is 2.21 bits per heavy atom. The number of rotatable bonds is 7. The first-order chi connectivity index (χ1) is 11.5. The van der Waals surface area contributed by atoms with Gasteiger partial charge < -0.3 is 15.4 Å². The van der Waals surface area contributed by atoms with Crippen molar-refractivity contribution in [2.75, 3.05) is 13.2 Å². The predicted molar refractivity (Wildman–Crippen MR) is 93.7 cm³/mol. The molecule has 1 aromatic carbocycles. The highest BCUT2D eigenvalue weighted by molar-refractivity contribution is 5.86. The first-order valence-electron chi connectivity index (χ1n) is 8.72. The Morgan fingerprint density at radius 3 is 2.92 bits per heavy atom. The van der Waals surface area contributed by atoms with Gasteiger partial charge >= 0.3 is 0 Å². The van der Waals surface area contributed by atoms with E-state index in [0.29, 0.717) is 32.0 Å². The Labute approximate surface area is 144 Å². The fourth-order valence-corrected chi connectivity index (χ4v) is 2.68. The maximum Gasteiger partial charge on any atom is 0.223 e. The van der Waals surface area contributed by atoms with Crippen LogP contribution in [0.15, 0.2) is 18.2 Å². The van der Waals surface area contributed by atoms with Crippen LogP contribution in [0.3, 0.4) is 0 Å². The van der Waals surface area contributed by atoms with E-state index in [9.17, 15) is 9.59 Å². The van der Waals surface area contributed by atoms with E-state index in [4.69, 9.17) is 4.74 Å². The van der Waals surface area contributed by atoms with E-state index in [1.54, 1.807) is 0 Å². The summed E-state index contributed by atoms with van der Waals surface area (Å²) in [6.07, 6.45) is 1.97. The van der Waals surface area contributed by atoms with E-state index in [0.717, 1.165) is 23.3 Å². The smallest absolute Gasteiger partial charge is 0.223 e. The van der Waals surface area contributed by atoms with Crippen LogP contribution in [-0.2, 0) is 16.1 Å². The van der Waals surface area contributed by atoms with Crippen LogP contribution in [0, 0.1) is 18.8 Å². The highest BCUT2D eigenvalue weighted by Gasteiger charge is 2.25. The molecule has 0 saturated carbocycles. The molecule has 1 aliphatic heterocycles. The SMILES string of the molecule is Cc1ccc(CNC(=O)[C@H]2CCNC(=O)C2)c(OCCC(C)C)c1. The molecular formula is C19H28N2O3. The van der Waals surface area contributed by atoms with Crippen LogP contribution in [0.4, 0.5) is 0 Å². The van der Waals surface area contributed by atoms with E-state index in [-0.39, 0.29) is 24.2 Å². The van der Waals surface area contributed by atoms with Gasteiger partial charge in [-0.2, -0.15) is 0 Å². The third kappa shape index (κ3) is 5.55. The average Bonchev–Trinajstić information content (AvgIpc) is 2.53. The van der Waals surface area contributed by atoms with Crippen LogP contribution in [0.25, 0.3) is 0 Å². The van der Waals surface area contributed by atoms with Gasteiger partial charge in [0.1, 0.15) is 5.75 Å². The van der Waals surface area contributed by atoms with Crippen LogP contribution >= 0.6 is 0 Å². The zero-order valence-electron chi connectivity index (χ0n) is 14.9. The maximum atomic E-state index is 12.3. The van der Waals surface area contributed by atoms with Crippen LogP contribution in [0.5, 0.6) is 5.75 Å². The molecule has 2 rings (SSSR count). The van der Waals surface area contributed by atoms with Gasteiger partial charge in [-0.05, 0) is 37.3 Å². The van der Waals surface area contributed by atoms with Crippen molar-refractivity contribution < 1.29 is 14.3 Å². The number of hydrogen-bond acceptors (Lipinski definition) is 3. The molecule has 1 saturated heterocycles. The Morgan fingerprint density at radius 1 is 1.42 bits per heavy atom. The van der Waals surface area contributed by atoms with Gasteiger partial charge in [0.05, 0.1) is 6.61 Å². The fraction of sp³-hybridized carbons (Fsp3) is 0.579. The summed E-state index contributed by atoms with van der Waals surface area (Å²) in [6, 6.07) is 6.02. The summed E-state index contributed by atoms with van der Waals surface area (Å²) in [4.78, 5) is 23.7. The molecule has 0 aliphatic carbocycles. The minimum absolute atomic E-state index is 0.0468. The Hall–Kier alpha value is -2.04. The third-order valence-corrected chi connectivity index (χ3v) is 4.25. The lowest BCUT2D eigenvalue weighted by molar-refractivity contribution is -0.132. The van der Waals surface area contributed by atoms with Gasteiger partial charge in [-0.1, -0.05) is 26.0 Å². The average molecular weight is 332 g/mol. The summed E-state index contributed by atoms with van der Waals surface area (Å²) >= 11 is 0. The largest absolute Gasteiger partial charge is 0.493 e. The molecule has 0 aromatic heterocycles. The number of amides is 2. The van der Waals surface area contributed by atoms with Crippen molar-refractivity contribution in [2.45, 2.75) is 46.6 Å². The second-order valence-corrected chi connectivity index (χ2v) is 6.90. The lowest BCUT2D eigenvalue weighted by atomic mass is 9.96. The molecule has 0 unspecified atom stereocenters. The molecule has 1 heterocycles. The molecule has 1 aliphatic rings. The molecule has 0 spiro atoms. The molecule has 1 fully saturated rings. The normalized spacial score (nSPS) is 17.5. The van der Waals surface area contributed by atoms with Crippen molar-refractivity contribution in [3.05, 3.63) is 29.3 Å². The molecule has 2 amide bonds. The summed E-state index contributed by atoms with van der Waals surface area (Å²) < 4.78 is 5.91. The number of hydrogen-bond donors (Lipinski definition) is 2. The number of aryl methyl sites for hydroxylation is 1. The number of benzene rings is 1. The van der Waals surface area contributed by atoms with Crippen molar-refractivity contribution in [2.24, 2.45) is 11.8 Å². The van der Waals surface area contributed by atoms with Crippen molar-refractivity contribution >= 4 is 11.8 Å². The Balaban J connectivity index is 1.93. The molecule has 5 heteroatoms. The van der Waals surface area contributed by atoms with Crippen LogP contribution in [-0.4, -0.2) is 25.0 Å². The van der Waals surface area contributed by atoms with Gasteiger partial charge in [0, 0.05) is 31.0 Å². The maximum absolute atomic E-state index is 12.3. The number of ether oxygens (including phenoxy) is 1. The number of carbonyl (C=O) groups excluding carboxylic acids is 2. The zero-order valence-corrected chi connectivity index (χ0v) is 14.9. The topological polar surface area (TPSA) is 67.4 Å². The minimum Gasteiger partial charge on any atom is -0.493 e. The second-order valence-electron chi connectivity index (χ2n) is 6.90. The van der Waals surface area contributed by atoms with Crippen molar-refractivity contribution in [1.29, 1.82) is 0 Å². The lowest BCUT2D eigenvalue weighted by Crippen LogP contribution is -2.40. The van der Waals surface area contributed by atoms with Crippen molar-refractivity contribution in [3.8, 4) is 5.75 Å². The summed E-state index contributed by atoms with van der Waals surface area (Å²) in [5.74, 6) is 1.09. The zero-order chi connectivity index (χ0) is 17.5. The molecule has 1 aromatic rings. The predicted octanol–water partition coefficient (Wildman–Crippen LogP) is 2.56. The quantitative estimate of drug-likeness (QED) is 0.806. The van der Waals surface area contributed by atoms with Crippen LogP contribution < -0.4 is 15.4 Å². The summed E-state index contributed by atoms with van der Waals surface area (Å²) in [6.45, 7) is 8.03. The van der Waals surface area contributed by atoms with E-state index in [1.165, 1.54) is 0 Å². The van der Waals surface area contributed by atoms with Gasteiger partial charge in [-0.25, -0.2) is 0 Å². The summed E-state index contributed by atoms with van der Waals surface area (Å²) in [7, 11) is 0. The Bertz CT molecular complexity index is 584. The van der Waals surface area contributed by atoms with Crippen molar-refractivity contribution in [1.82, 2.24) is 10.6 Å². The fourth-order valence-electron chi connectivity index (χ4n) is 2.68. The molecule has 0 radical (unpaired) electrons. The van der Waals surface area contributed by atoms with E-state index in [1.807, 2.05) is 25.1 Å². The monoisotopic (exact) mass is 332 g/mol. The van der Waals surface area contributed by atoms with Gasteiger partial charge in [0.25, 0.3) is 0 Å². The van der Waals surface area contributed by atoms with Gasteiger partial charge in [-0.3, -0.25) is 9.59 Å². The van der Waals surface area contributed by atoms with Gasteiger partial charge in [0.2, 0.25) is 11.8 Å². The van der Waals surface area contributed by atoms with E-state index >= 15 is 0 Å². The minimum atomic E-state index is -0.227. The molecule has 24 heavy (non-hydrogen) atoms. The molecular weight excluding hydrogens is 304 g/mol. The van der Waals surface area contributed by atoms with Gasteiger partial charge in [0.15, 0.2) is 0 Å². The first-order valence-corrected chi connectivity index (χ1v) is 8.72. The number of carbonyl (C=O) groups is 2. The van der Waals surface area contributed by atoms with Crippen LogP contribution in [0.1, 0.15) is 44.2 Å². The highest BCUT2D eigenvalue weighted by Crippen LogP contribution is 2.21. The third-order valence-electron chi connectivity index (χ3n) is 4.25. The lowest BCUT2D eigenvalue weighted by Gasteiger charge is -2.21. The number of nitrogens with one attached hydrogen (secondary N) is 2. The summed E-state index contributed by atoms with van der Waals surface area (Å²) in [5.41, 5.74) is 2.10. The molecule has 2 N–H and O–H groups in total. The highest BCUT2D eigenvalue weighted by atomic mass is 16.5. The summed E-state index contributed by atoms with van der Waals surface area (Å²) in [5, 5.41) is 5.70. The van der Waals surface area contributed by atoms with Crippen LogP contribution in [0.2, 0.25) is 0 Å². The van der Waals surface area contributed by atoms with E-state index in [2.05, 4.69) is 24.5 Å². The standard InChI is InChI=1S/C19H28N2O3/c1-13(2)7-9-24-17-10-14(3)4-5-16(17)12-21-19(23)15-6-8-20-18(22)11-15/h4-5,10,13,15H,6-9,11-12H2,1-3H3,(H,20,22)(H,21,23)/t15-/m0/s1. The van der Waals surface area contributed by atoms with Gasteiger partial charge in [-0.15, -0.1) is 0 Å². The Kier molecular flexibility index (Phi) is 6.64. The molecule has 1 atom stereocenters. The number of piperidine rings is 1. The first kappa shape index (κ1) is 18.3. The van der Waals surface area contributed by atoms with Crippen molar-refractivity contribution in [3.63, 3.8) is 0 Å². The molecule has 0 bridgehead atoms. The molecule has 132 valence electrons. The molecule has 5 nitrogen and oxygen atoms in total.